The van der Waals surface area contributed by atoms with Gasteiger partial charge in [-0.15, -0.1) is 0 Å². The van der Waals surface area contributed by atoms with Gasteiger partial charge in [-0.3, -0.25) is 4.68 Å². The number of pyridine rings is 1. The van der Waals surface area contributed by atoms with Gasteiger partial charge in [0.15, 0.2) is 5.82 Å². The van der Waals surface area contributed by atoms with Crippen LogP contribution in [0.25, 0.3) is 16.7 Å². The van der Waals surface area contributed by atoms with Crippen molar-refractivity contribution < 1.29 is 5.11 Å². The molecule has 136 valence electrons. The van der Waals surface area contributed by atoms with E-state index in [1.54, 1.807) is 10.9 Å². The lowest BCUT2D eigenvalue weighted by Gasteiger charge is -2.08. The Bertz CT molecular complexity index is 1110. The average molecular weight is 378 g/mol. The molecule has 3 heterocycles. The van der Waals surface area contributed by atoms with E-state index in [0.717, 1.165) is 45.7 Å². The van der Waals surface area contributed by atoms with Crippen molar-refractivity contribution in [2.24, 2.45) is 7.05 Å². The molecule has 0 unspecified atom stereocenters. The third-order valence-corrected chi connectivity index (χ3v) is 5.64. The molecule has 4 aromatic rings. The number of benzene rings is 1. The summed E-state index contributed by atoms with van der Waals surface area (Å²) in [6.45, 7) is 0. The lowest BCUT2D eigenvalue weighted by Crippen LogP contribution is -2.02. The van der Waals surface area contributed by atoms with Crippen LogP contribution >= 0.6 is 11.9 Å². The topological polar surface area (TPSA) is 80.8 Å². The van der Waals surface area contributed by atoms with E-state index in [9.17, 15) is 5.11 Å². The van der Waals surface area contributed by atoms with Crippen LogP contribution in [-0.4, -0.2) is 29.7 Å². The Labute approximate surface area is 160 Å². The highest BCUT2D eigenvalue weighted by molar-refractivity contribution is 8.00. The van der Waals surface area contributed by atoms with Crippen LogP contribution in [0.3, 0.4) is 0 Å². The minimum Gasteiger partial charge on any atom is -0.385 e. The SMILES string of the molecule is Cn1ncc2cccc(NSc3ccc(-n4cc(C5(O)CC5)cn4)nc3)c21. The number of anilines is 1. The molecule has 27 heavy (non-hydrogen) atoms. The first kappa shape index (κ1) is 16.3. The first-order valence-corrected chi connectivity index (χ1v) is 9.52. The van der Waals surface area contributed by atoms with Gasteiger partial charge in [0, 0.05) is 35.3 Å². The maximum atomic E-state index is 10.2. The smallest absolute Gasteiger partial charge is 0.153 e. The van der Waals surface area contributed by atoms with Crippen molar-refractivity contribution in [3.63, 3.8) is 0 Å². The Balaban J connectivity index is 1.32. The molecular formula is C19H18N6OS. The summed E-state index contributed by atoms with van der Waals surface area (Å²) in [7, 11) is 1.94. The van der Waals surface area contributed by atoms with Crippen molar-refractivity contribution in [3.05, 3.63) is 60.7 Å². The Morgan fingerprint density at radius 3 is 2.78 bits per heavy atom. The fourth-order valence-electron chi connectivity index (χ4n) is 3.09. The molecular weight excluding hydrogens is 360 g/mol. The van der Waals surface area contributed by atoms with Gasteiger partial charge in [0.25, 0.3) is 0 Å². The van der Waals surface area contributed by atoms with Gasteiger partial charge < -0.3 is 9.83 Å². The summed E-state index contributed by atoms with van der Waals surface area (Å²) in [5.41, 5.74) is 2.26. The van der Waals surface area contributed by atoms with Gasteiger partial charge in [-0.05, 0) is 43.0 Å². The molecule has 0 bridgehead atoms. The van der Waals surface area contributed by atoms with Gasteiger partial charge in [-0.25, -0.2) is 9.67 Å². The molecule has 1 aliphatic rings. The molecule has 1 saturated carbocycles. The van der Waals surface area contributed by atoms with Gasteiger partial charge in [0.1, 0.15) is 0 Å². The average Bonchev–Trinajstić information content (AvgIpc) is 3.10. The second-order valence-corrected chi connectivity index (χ2v) is 7.65. The maximum absolute atomic E-state index is 10.2. The van der Waals surface area contributed by atoms with E-state index < -0.39 is 5.60 Å². The zero-order valence-corrected chi connectivity index (χ0v) is 15.5. The van der Waals surface area contributed by atoms with Crippen LogP contribution in [0.2, 0.25) is 0 Å². The van der Waals surface area contributed by atoms with Gasteiger partial charge in [0.2, 0.25) is 0 Å². The number of aryl methyl sites for hydroxylation is 1. The number of rotatable bonds is 5. The molecule has 0 aliphatic heterocycles. The summed E-state index contributed by atoms with van der Waals surface area (Å²) < 4.78 is 6.94. The van der Waals surface area contributed by atoms with Gasteiger partial charge in [0.05, 0.1) is 29.2 Å². The molecule has 1 aliphatic carbocycles. The van der Waals surface area contributed by atoms with Crippen LogP contribution in [0.15, 0.2) is 60.0 Å². The standard InChI is InChI=1S/C19H18N6OS/c1-24-18-13(9-21-24)3-2-4-16(18)23-27-15-5-6-17(20-11-15)25-12-14(10-22-25)19(26)7-8-19/h2-6,9-12,23,26H,7-8H2,1H3. The minimum absolute atomic E-state index is 0.676. The van der Waals surface area contributed by atoms with Crippen molar-refractivity contribution >= 4 is 28.5 Å². The van der Waals surface area contributed by atoms with E-state index >= 15 is 0 Å². The molecule has 2 N–H and O–H groups in total. The van der Waals surface area contributed by atoms with Crippen LogP contribution in [-0.2, 0) is 12.6 Å². The predicted molar refractivity (Wildman–Crippen MR) is 105 cm³/mol. The molecule has 8 heteroatoms. The molecule has 5 rings (SSSR count). The maximum Gasteiger partial charge on any atom is 0.153 e. The summed E-state index contributed by atoms with van der Waals surface area (Å²) in [6.07, 6.45) is 8.84. The lowest BCUT2D eigenvalue weighted by atomic mass is 10.2. The summed E-state index contributed by atoms with van der Waals surface area (Å²) in [4.78, 5) is 5.48. The summed E-state index contributed by atoms with van der Waals surface area (Å²) in [6, 6.07) is 10.0. The second-order valence-electron chi connectivity index (χ2n) is 6.77. The van der Waals surface area contributed by atoms with Crippen LogP contribution in [0.5, 0.6) is 0 Å². The lowest BCUT2D eigenvalue weighted by molar-refractivity contribution is 0.151. The zero-order valence-electron chi connectivity index (χ0n) is 14.7. The number of nitrogens with one attached hydrogen (secondary N) is 1. The van der Waals surface area contributed by atoms with E-state index in [1.807, 2.05) is 60.7 Å². The normalized spacial score (nSPS) is 15.2. The number of hydrogen-bond donors (Lipinski definition) is 2. The van der Waals surface area contributed by atoms with E-state index in [4.69, 9.17) is 0 Å². The summed E-state index contributed by atoms with van der Waals surface area (Å²) in [5.74, 6) is 0.726. The Kier molecular flexibility index (Phi) is 3.70. The number of fused-ring (bicyclic) bond motifs is 1. The number of aromatic nitrogens is 5. The van der Waals surface area contributed by atoms with Crippen molar-refractivity contribution in [2.45, 2.75) is 23.3 Å². The van der Waals surface area contributed by atoms with Gasteiger partial charge >= 0.3 is 0 Å². The number of para-hydroxylation sites is 1. The third-order valence-electron chi connectivity index (χ3n) is 4.84. The van der Waals surface area contributed by atoms with Crippen molar-refractivity contribution in [3.8, 4) is 5.82 Å². The Morgan fingerprint density at radius 1 is 1.11 bits per heavy atom. The molecule has 7 nitrogen and oxygen atoms in total. The number of hydrogen-bond acceptors (Lipinski definition) is 6. The van der Waals surface area contributed by atoms with Crippen LogP contribution < -0.4 is 4.72 Å². The fourth-order valence-corrected chi connectivity index (χ4v) is 3.73. The third kappa shape index (κ3) is 2.96. The molecule has 0 atom stereocenters. The fraction of sp³-hybridized carbons (Fsp3) is 0.211. The van der Waals surface area contributed by atoms with Crippen molar-refractivity contribution in [2.75, 3.05) is 4.72 Å². The highest BCUT2D eigenvalue weighted by Crippen LogP contribution is 2.45. The molecule has 3 aromatic heterocycles. The Morgan fingerprint density at radius 2 is 2.00 bits per heavy atom. The zero-order chi connectivity index (χ0) is 18.4. The molecule has 0 saturated heterocycles. The highest BCUT2D eigenvalue weighted by atomic mass is 32.2. The van der Waals surface area contributed by atoms with E-state index in [2.05, 4.69) is 19.9 Å². The second kappa shape index (κ2) is 6.11. The van der Waals surface area contributed by atoms with Gasteiger partial charge in [-0.1, -0.05) is 12.1 Å². The predicted octanol–water partition coefficient (Wildman–Crippen LogP) is 3.25. The van der Waals surface area contributed by atoms with Crippen LogP contribution in [0, 0.1) is 0 Å². The highest BCUT2D eigenvalue weighted by Gasteiger charge is 2.43. The largest absolute Gasteiger partial charge is 0.385 e. The molecule has 0 spiro atoms. The monoisotopic (exact) mass is 378 g/mol. The summed E-state index contributed by atoms with van der Waals surface area (Å²) >= 11 is 1.50. The summed E-state index contributed by atoms with van der Waals surface area (Å²) in [5, 5.41) is 19.9. The van der Waals surface area contributed by atoms with E-state index in [-0.39, 0.29) is 0 Å². The molecule has 1 fully saturated rings. The molecule has 0 radical (unpaired) electrons. The molecule has 1 aromatic carbocycles. The van der Waals surface area contributed by atoms with Crippen LogP contribution in [0.1, 0.15) is 18.4 Å². The van der Waals surface area contributed by atoms with Gasteiger partial charge in [-0.2, -0.15) is 10.2 Å². The van der Waals surface area contributed by atoms with Crippen molar-refractivity contribution in [1.29, 1.82) is 0 Å². The minimum atomic E-state index is -0.676. The molecule has 0 amide bonds. The first-order chi connectivity index (χ1) is 13.1. The first-order valence-electron chi connectivity index (χ1n) is 8.70. The van der Waals surface area contributed by atoms with E-state index in [1.165, 1.54) is 11.9 Å². The van der Waals surface area contributed by atoms with E-state index in [0.29, 0.717) is 0 Å². The number of nitrogens with zero attached hydrogens (tertiary/aromatic N) is 5. The van der Waals surface area contributed by atoms with Crippen LogP contribution in [0.4, 0.5) is 5.69 Å². The number of aliphatic hydroxyl groups is 1. The Hall–Kier alpha value is -2.84. The van der Waals surface area contributed by atoms with Crippen molar-refractivity contribution in [1.82, 2.24) is 24.5 Å². The quantitative estimate of drug-likeness (QED) is 0.519.